The minimum Gasteiger partial charge on any atom is -0.497 e. The molecular formula is C15H15N3O2S. The van der Waals surface area contributed by atoms with Gasteiger partial charge in [0, 0.05) is 19.3 Å². The standard InChI is InChI=1S/C15H15N3O2S/c1-18-7-3-4-13(18)14(19)9-21-15-16-11-6-5-10(20-2)8-12(11)17-15/h3-8H,9H2,1-2H3,(H,16,17). The summed E-state index contributed by atoms with van der Waals surface area (Å²) in [6.45, 7) is 0. The first kappa shape index (κ1) is 13.8. The van der Waals surface area contributed by atoms with E-state index in [1.54, 1.807) is 7.11 Å². The molecule has 108 valence electrons. The largest absolute Gasteiger partial charge is 0.497 e. The lowest BCUT2D eigenvalue weighted by Gasteiger charge is -2.00. The molecular weight excluding hydrogens is 286 g/mol. The average molecular weight is 301 g/mol. The number of H-pyrrole nitrogens is 1. The van der Waals surface area contributed by atoms with Crippen molar-refractivity contribution in [3.05, 3.63) is 42.2 Å². The minimum absolute atomic E-state index is 0.0885. The minimum atomic E-state index is 0.0885. The van der Waals surface area contributed by atoms with Gasteiger partial charge in [-0.3, -0.25) is 4.79 Å². The summed E-state index contributed by atoms with van der Waals surface area (Å²) in [7, 11) is 3.50. The van der Waals surface area contributed by atoms with Crippen LogP contribution in [0.3, 0.4) is 0 Å². The molecule has 0 saturated heterocycles. The molecule has 1 N–H and O–H groups in total. The highest BCUT2D eigenvalue weighted by atomic mass is 32.2. The van der Waals surface area contributed by atoms with E-state index in [-0.39, 0.29) is 5.78 Å². The zero-order valence-corrected chi connectivity index (χ0v) is 12.6. The molecule has 0 unspecified atom stereocenters. The Kier molecular flexibility index (Phi) is 3.70. The van der Waals surface area contributed by atoms with Crippen LogP contribution in [-0.2, 0) is 7.05 Å². The van der Waals surface area contributed by atoms with Crippen LogP contribution in [0.2, 0.25) is 0 Å². The summed E-state index contributed by atoms with van der Waals surface area (Å²) in [4.78, 5) is 19.8. The summed E-state index contributed by atoms with van der Waals surface area (Å²) in [5.41, 5.74) is 2.48. The van der Waals surface area contributed by atoms with Crippen LogP contribution in [0.15, 0.2) is 41.7 Å². The maximum absolute atomic E-state index is 12.1. The molecule has 2 aromatic heterocycles. The fourth-order valence-electron chi connectivity index (χ4n) is 2.12. The van der Waals surface area contributed by atoms with Crippen molar-refractivity contribution in [2.24, 2.45) is 7.05 Å². The number of nitrogens with one attached hydrogen (secondary N) is 1. The molecule has 0 aliphatic carbocycles. The molecule has 0 aliphatic heterocycles. The second-order valence-electron chi connectivity index (χ2n) is 4.64. The van der Waals surface area contributed by atoms with E-state index in [0.717, 1.165) is 21.9 Å². The lowest BCUT2D eigenvalue weighted by Crippen LogP contribution is -2.07. The molecule has 5 nitrogen and oxygen atoms in total. The van der Waals surface area contributed by atoms with E-state index in [0.29, 0.717) is 11.4 Å². The Hall–Kier alpha value is -2.21. The molecule has 21 heavy (non-hydrogen) atoms. The van der Waals surface area contributed by atoms with Gasteiger partial charge in [-0.25, -0.2) is 4.98 Å². The molecule has 0 spiro atoms. The second-order valence-corrected chi connectivity index (χ2v) is 5.61. The summed E-state index contributed by atoms with van der Waals surface area (Å²) in [5.74, 6) is 1.22. The smallest absolute Gasteiger partial charge is 0.189 e. The number of rotatable bonds is 5. The van der Waals surface area contributed by atoms with E-state index < -0.39 is 0 Å². The molecule has 2 heterocycles. The van der Waals surface area contributed by atoms with Crippen LogP contribution >= 0.6 is 11.8 Å². The quantitative estimate of drug-likeness (QED) is 0.581. The fourth-order valence-corrected chi connectivity index (χ4v) is 2.88. The highest BCUT2D eigenvalue weighted by Crippen LogP contribution is 2.23. The number of fused-ring (bicyclic) bond motifs is 1. The van der Waals surface area contributed by atoms with Crippen LogP contribution in [0.25, 0.3) is 11.0 Å². The number of Topliss-reactive ketones (excluding diaryl/α,β-unsaturated/α-hetero) is 1. The number of ether oxygens (including phenoxy) is 1. The summed E-state index contributed by atoms with van der Waals surface area (Å²) < 4.78 is 7.01. The molecule has 6 heteroatoms. The molecule has 3 aromatic rings. The highest BCUT2D eigenvalue weighted by Gasteiger charge is 2.11. The Morgan fingerprint density at radius 2 is 2.29 bits per heavy atom. The summed E-state index contributed by atoms with van der Waals surface area (Å²) in [6, 6.07) is 9.35. The lowest BCUT2D eigenvalue weighted by molar-refractivity contribution is 0.101. The van der Waals surface area contributed by atoms with Crippen LogP contribution in [0.4, 0.5) is 0 Å². The Balaban J connectivity index is 1.73. The number of carbonyl (C=O) groups excluding carboxylic acids is 1. The van der Waals surface area contributed by atoms with Gasteiger partial charge in [-0.1, -0.05) is 11.8 Å². The number of hydrogen-bond donors (Lipinski definition) is 1. The van der Waals surface area contributed by atoms with Gasteiger partial charge in [0.05, 0.1) is 29.6 Å². The highest BCUT2D eigenvalue weighted by molar-refractivity contribution is 7.99. The number of hydrogen-bond acceptors (Lipinski definition) is 4. The third-order valence-electron chi connectivity index (χ3n) is 3.24. The lowest BCUT2D eigenvalue weighted by atomic mass is 10.3. The van der Waals surface area contributed by atoms with Gasteiger partial charge in [0.1, 0.15) is 5.75 Å². The molecule has 0 amide bonds. The van der Waals surface area contributed by atoms with Crippen LogP contribution in [0, 0.1) is 0 Å². The van der Waals surface area contributed by atoms with Gasteiger partial charge >= 0.3 is 0 Å². The van der Waals surface area contributed by atoms with Crippen LogP contribution in [-0.4, -0.2) is 33.2 Å². The first-order chi connectivity index (χ1) is 10.2. The number of aryl methyl sites for hydroxylation is 1. The number of imidazole rings is 1. The molecule has 0 saturated carbocycles. The van der Waals surface area contributed by atoms with Crippen molar-refractivity contribution < 1.29 is 9.53 Å². The number of ketones is 1. The Labute approximate surface area is 126 Å². The van der Waals surface area contributed by atoms with Gasteiger partial charge in [0.25, 0.3) is 0 Å². The molecule has 3 rings (SSSR count). The molecule has 0 bridgehead atoms. The third-order valence-corrected chi connectivity index (χ3v) is 4.11. The van der Waals surface area contributed by atoms with E-state index in [9.17, 15) is 4.79 Å². The number of nitrogens with zero attached hydrogens (tertiary/aromatic N) is 2. The maximum atomic E-state index is 12.1. The van der Waals surface area contributed by atoms with Crippen LogP contribution in [0.1, 0.15) is 10.5 Å². The SMILES string of the molecule is COc1ccc2nc(SCC(=O)c3cccn3C)[nH]c2c1. The van der Waals surface area contributed by atoms with E-state index in [2.05, 4.69) is 9.97 Å². The molecule has 1 aromatic carbocycles. The summed E-state index contributed by atoms with van der Waals surface area (Å²) >= 11 is 1.40. The van der Waals surface area contributed by atoms with Crippen LogP contribution in [0.5, 0.6) is 5.75 Å². The first-order valence-electron chi connectivity index (χ1n) is 6.48. The number of methoxy groups -OCH3 is 1. The van der Waals surface area contributed by atoms with Gasteiger partial charge < -0.3 is 14.3 Å². The number of benzene rings is 1. The Bertz CT molecular complexity index is 791. The number of aromatic amines is 1. The Morgan fingerprint density at radius 1 is 1.43 bits per heavy atom. The van der Waals surface area contributed by atoms with Crippen molar-refractivity contribution >= 4 is 28.6 Å². The van der Waals surface area contributed by atoms with E-state index in [1.807, 2.05) is 48.1 Å². The van der Waals surface area contributed by atoms with Crippen molar-refractivity contribution in [3.8, 4) is 5.75 Å². The van der Waals surface area contributed by atoms with Crippen molar-refractivity contribution in [1.82, 2.24) is 14.5 Å². The zero-order valence-electron chi connectivity index (χ0n) is 11.8. The van der Waals surface area contributed by atoms with Crippen LogP contribution < -0.4 is 4.74 Å². The van der Waals surface area contributed by atoms with Gasteiger partial charge in [0.15, 0.2) is 10.9 Å². The topological polar surface area (TPSA) is 59.9 Å². The van der Waals surface area contributed by atoms with E-state index in [4.69, 9.17) is 4.74 Å². The normalized spacial score (nSPS) is 11.0. The first-order valence-corrected chi connectivity index (χ1v) is 7.47. The predicted octanol–water partition coefficient (Wildman–Crippen LogP) is 2.89. The fraction of sp³-hybridized carbons (Fsp3) is 0.200. The van der Waals surface area contributed by atoms with E-state index in [1.165, 1.54) is 11.8 Å². The monoisotopic (exact) mass is 301 g/mol. The molecule has 0 aliphatic rings. The van der Waals surface area contributed by atoms with E-state index >= 15 is 0 Å². The average Bonchev–Trinajstić information content (AvgIpc) is 3.09. The van der Waals surface area contributed by atoms with Crippen molar-refractivity contribution in [1.29, 1.82) is 0 Å². The third kappa shape index (κ3) is 2.80. The number of aromatic nitrogens is 3. The zero-order chi connectivity index (χ0) is 14.8. The van der Waals surface area contributed by atoms with Gasteiger partial charge in [-0.2, -0.15) is 0 Å². The molecule has 0 radical (unpaired) electrons. The van der Waals surface area contributed by atoms with Gasteiger partial charge in [-0.05, 0) is 24.3 Å². The summed E-state index contributed by atoms with van der Waals surface area (Å²) in [5, 5.41) is 0.737. The molecule has 0 fully saturated rings. The van der Waals surface area contributed by atoms with Crippen molar-refractivity contribution in [2.45, 2.75) is 5.16 Å². The maximum Gasteiger partial charge on any atom is 0.189 e. The summed E-state index contributed by atoms with van der Waals surface area (Å²) in [6.07, 6.45) is 1.87. The number of thioether (sulfide) groups is 1. The second kappa shape index (κ2) is 5.65. The van der Waals surface area contributed by atoms with Crippen molar-refractivity contribution in [3.63, 3.8) is 0 Å². The molecule has 0 atom stereocenters. The van der Waals surface area contributed by atoms with Gasteiger partial charge in [0.2, 0.25) is 0 Å². The van der Waals surface area contributed by atoms with Gasteiger partial charge in [-0.15, -0.1) is 0 Å². The predicted molar refractivity (Wildman–Crippen MR) is 83.1 cm³/mol. The number of carbonyl (C=O) groups is 1. The van der Waals surface area contributed by atoms with Crippen molar-refractivity contribution in [2.75, 3.05) is 12.9 Å². The Morgan fingerprint density at radius 3 is 3.00 bits per heavy atom.